The molecule has 0 heterocycles. The second kappa shape index (κ2) is 14.2. The third-order valence-corrected chi connectivity index (χ3v) is 8.53. The van der Waals surface area contributed by atoms with Gasteiger partial charge in [-0.25, -0.2) is 8.42 Å². The largest absolute Gasteiger partial charge is 0.494 e. The highest BCUT2D eigenvalue weighted by molar-refractivity contribution is 7.92. The second-order valence-electron chi connectivity index (χ2n) is 10.3. The average Bonchev–Trinajstić information content (AvgIpc) is 2.93. The highest BCUT2D eigenvalue weighted by Crippen LogP contribution is 2.27. The smallest absolute Gasteiger partial charge is 0.264 e. The van der Waals surface area contributed by atoms with Crippen molar-refractivity contribution < 1.29 is 22.7 Å². The fraction of sp³-hybridized carbons (Fsp3) is 0.375. The number of rotatable bonds is 13. The van der Waals surface area contributed by atoms with Crippen LogP contribution in [0.5, 0.6) is 5.75 Å². The van der Waals surface area contributed by atoms with Gasteiger partial charge in [0, 0.05) is 12.6 Å². The van der Waals surface area contributed by atoms with Crippen molar-refractivity contribution in [1.82, 2.24) is 10.2 Å². The zero-order chi connectivity index (χ0) is 30.2. The van der Waals surface area contributed by atoms with Crippen LogP contribution in [-0.4, -0.2) is 50.4 Å². The fourth-order valence-corrected chi connectivity index (χ4v) is 5.93. The van der Waals surface area contributed by atoms with Crippen molar-refractivity contribution in [2.45, 2.75) is 71.5 Å². The van der Waals surface area contributed by atoms with Gasteiger partial charge in [-0.3, -0.25) is 13.9 Å². The standard InChI is InChI=1S/C32H41N3O5S/c1-7-30(32(37)33-23(3)4)34(21-26-12-10-9-11-25(26)6)31(36)22-35(27-15-13-24(5)14-16-27)41(38,39)29-19-17-28(18-20-29)40-8-2/h9-20,23,30H,7-8,21-22H2,1-6H3,(H,33,37)/t30-/m1/s1. The van der Waals surface area contributed by atoms with E-state index in [-0.39, 0.29) is 23.4 Å². The first kappa shape index (κ1) is 31.7. The lowest BCUT2D eigenvalue weighted by molar-refractivity contribution is -0.140. The number of anilines is 1. The Morgan fingerprint density at radius 2 is 1.54 bits per heavy atom. The van der Waals surface area contributed by atoms with E-state index < -0.39 is 28.5 Å². The Bertz CT molecular complexity index is 1420. The van der Waals surface area contributed by atoms with Gasteiger partial charge in [0.25, 0.3) is 10.0 Å². The van der Waals surface area contributed by atoms with E-state index in [0.717, 1.165) is 21.0 Å². The van der Waals surface area contributed by atoms with Gasteiger partial charge >= 0.3 is 0 Å². The highest BCUT2D eigenvalue weighted by atomic mass is 32.2. The third-order valence-electron chi connectivity index (χ3n) is 6.74. The Morgan fingerprint density at radius 3 is 2.10 bits per heavy atom. The van der Waals surface area contributed by atoms with Crippen LogP contribution in [0.3, 0.4) is 0 Å². The Morgan fingerprint density at radius 1 is 0.902 bits per heavy atom. The normalized spacial score (nSPS) is 12.1. The van der Waals surface area contributed by atoms with E-state index in [9.17, 15) is 18.0 Å². The maximum atomic E-state index is 14.1. The molecule has 0 radical (unpaired) electrons. The van der Waals surface area contributed by atoms with Gasteiger partial charge < -0.3 is 15.0 Å². The summed E-state index contributed by atoms with van der Waals surface area (Å²) in [6.45, 7) is 11.4. The average molecular weight is 580 g/mol. The second-order valence-corrected chi connectivity index (χ2v) is 12.1. The summed E-state index contributed by atoms with van der Waals surface area (Å²) in [6.07, 6.45) is 0.367. The maximum Gasteiger partial charge on any atom is 0.264 e. The van der Waals surface area contributed by atoms with Gasteiger partial charge in [0.1, 0.15) is 18.3 Å². The van der Waals surface area contributed by atoms with Gasteiger partial charge in [-0.1, -0.05) is 48.9 Å². The lowest BCUT2D eigenvalue weighted by Gasteiger charge is -2.34. The molecule has 0 unspecified atom stereocenters. The van der Waals surface area contributed by atoms with E-state index in [1.54, 1.807) is 36.4 Å². The molecule has 1 atom stereocenters. The molecule has 0 aliphatic carbocycles. The van der Waals surface area contributed by atoms with Crippen molar-refractivity contribution in [2.24, 2.45) is 0 Å². The van der Waals surface area contributed by atoms with Crippen LogP contribution < -0.4 is 14.4 Å². The number of nitrogens with zero attached hydrogens (tertiary/aromatic N) is 2. The van der Waals surface area contributed by atoms with Gasteiger partial charge in [-0.15, -0.1) is 0 Å². The number of sulfonamides is 1. The number of aryl methyl sites for hydroxylation is 2. The quantitative estimate of drug-likeness (QED) is 0.299. The molecule has 0 saturated carbocycles. The predicted molar refractivity (Wildman–Crippen MR) is 162 cm³/mol. The van der Waals surface area contributed by atoms with Crippen LogP contribution in [0.15, 0.2) is 77.7 Å². The van der Waals surface area contributed by atoms with Crippen molar-refractivity contribution in [1.29, 1.82) is 0 Å². The summed E-state index contributed by atoms with van der Waals surface area (Å²) in [5, 5.41) is 2.92. The number of nitrogens with one attached hydrogen (secondary N) is 1. The minimum Gasteiger partial charge on any atom is -0.494 e. The van der Waals surface area contributed by atoms with Gasteiger partial charge in [0.15, 0.2) is 0 Å². The van der Waals surface area contributed by atoms with Crippen LogP contribution in [0, 0.1) is 13.8 Å². The molecule has 9 heteroatoms. The minimum absolute atomic E-state index is 0.0318. The summed E-state index contributed by atoms with van der Waals surface area (Å²) in [4.78, 5) is 28.9. The van der Waals surface area contributed by atoms with E-state index in [1.165, 1.54) is 17.0 Å². The summed E-state index contributed by atoms with van der Waals surface area (Å²) < 4.78 is 34.6. The summed E-state index contributed by atoms with van der Waals surface area (Å²) >= 11 is 0. The molecule has 41 heavy (non-hydrogen) atoms. The molecular weight excluding hydrogens is 538 g/mol. The van der Waals surface area contributed by atoms with E-state index in [4.69, 9.17) is 4.74 Å². The molecule has 0 saturated heterocycles. The number of hydrogen-bond donors (Lipinski definition) is 1. The molecule has 220 valence electrons. The molecular formula is C32H41N3O5S. The van der Waals surface area contributed by atoms with Crippen LogP contribution in [-0.2, 0) is 26.2 Å². The van der Waals surface area contributed by atoms with Gasteiger partial charge in [-0.05, 0) is 88.6 Å². The van der Waals surface area contributed by atoms with Crippen LogP contribution in [0.4, 0.5) is 5.69 Å². The summed E-state index contributed by atoms with van der Waals surface area (Å²) in [5.41, 5.74) is 3.17. The molecule has 1 N–H and O–H groups in total. The fourth-order valence-electron chi connectivity index (χ4n) is 4.51. The molecule has 0 aliphatic rings. The summed E-state index contributed by atoms with van der Waals surface area (Å²) in [7, 11) is -4.15. The first-order valence-electron chi connectivity index (χ1n) is 13.9. The molecule has 0 fully saturated rings. The predicted octanol–water partition coefficient (Wildman–Crippen LogP) is 5.23. The van der Waals surface area contributed by atoms with E-state index in [1.807, 2.05) is 65.8 Å². The molecule has 0 aliphatic heterocycles. The molecule has 0 aromatic heterocycles. The lowest BCUT2D eigenvalue weighted by Crippen LogP contribution is -2.53. The number of benzene rings is 3. The SMILES string of the molecule is CCOc1ccc(S(=O)(=O)N(CC(=O)N(Cc2ccccc2C)[C@H](CC)C(=O)NC(C)C)c2ccc(C)cc2)cc1. The molecule has 0 bridgehead atoms. The molecule has 3 aromatic rings. The van der Waals surface area contributed by atoms with E-state index >= 15 is 0 Å². The topological polar surface area (TPSA) is 96.0 Å². The maximum absolute atomic E-state index is 14.1. The van der Waals surface area contributed by atoms with Crippen LogP contribution in [0.1, 0.15) is 50.8 Å². The summed E-state index contributed by atoms with van der Waals surface area (Å²) in [5.74, 6) is -0.203. The Balaban J connectivity index is 2.06. The number of carbonyl (C=O) groups excluding carboxylic acids is 2. The minimum atomic E-state index is -4.15. The molecule has 3 aromatic carbocycles. The highest BCUT2D eigenvalue weighted by Gasteiger charge is 2.34. The first-order chi connectivity index (χ1) is 19.5. The summed E-state index contributed by atoms with van der Waals surface area (Å²) in [6, 6.07) is 19.9. The molecule has 3 rings (SSSR count). The van der Waals surface area contributed by atoms with Crippen LogP contribution in [0.25, 0.3) is 0 Å². The lowest BCUT2D eigenvalue weighted by atomic mass is 10.1. The van der Waals surface area contributed by atoms with Crippen LogP contribution in [0.2, 0.25) is 0 Å². The molecule has 2 amide bonds. The number of carbonyl (C=O) groups is 2. The van der Waals surface area contributed by atoms with Crippen LogP contribution >= 0.6 is 0 Å². The van der Waals surface area contributed by atoms with Crippen molar-refractivity contribution >= 4 is 27.5 Å². The molecule has 8 nitrogen and oxygen atoms in total. The molecule has 0 spiro atoms. The van der Waals surface area contributed by atoms with Gasteiger partial charge in [0.05, 0.1) is 17.2 Å². The zero-order valence-electron chi connectivity index (χ0n) is 24.8. The van der Waals surface area contributed by atoms with Gasteiger partial charge in [0.2, 0.25) is 11.8 Å². The Kier molecular flexibility index (Phi) is 10.9. The van der Waals surface area contributed by atoms with Crippen molar-refractivity contribution in [2.75, 3.05) is 17.5 Å². The van der Waals surface area contributed by atoms with Crippen molar-refractivity contribution in [3.05, 3.63) is 89.5 Å². The number of ether oxygens (including phenoxy) is 1. The number of amides is 2. The monoisotopic (exact) mass is 579 g/mol. The van der Waals surface area contributed by atoms with Crippen molar-refractivity contribution in [3.8, 4) is 5.75 Å². The Hall–Kier alpha value is -3.85. The van der Waals surface area contributed by atoms with E-state index in [0.29, 0.717) is 24.5 Å². The van der Waals surface area contributed by atoms with E-state index in [2.05, 4.69) is 5.32 Å². The van der Waals surface area contributed by atoms with Gasteiger partial charge in [-0.2, -0.15) is 0 Å². The third kappa shape index (κ3) is 8.10. The first-order valence-corrected chi connectivity index (χ1v) is 15.4. The van der Waals surface area contributed by atoms with Crippen molar-refractivity contribution in [3.63, 3.8) is 0 Å². The number of hydrogen-bond acceptors (Lipinski definition) is 5. The Labute approximate surface area is 244 Å². The zero-order valence-corrected chi connectivity index (χ0v) is 25.6.